The molecule has 0 saturated heterocycles. The molecular weight excluding hydrogens is 204 g/mol. The SMILES string of the molecule is CN(CC(C)(C)O)c1nccn2nccc12. The number of hydrogen-bond donors (Lipinski definition) is 1. The molecule has 1 N–H and O–H groups in total. The molecule has 0 saturated carbocycles. The van der Waals surface area contributed by atoms with E-state index in [9.17, 15) is 5.11 Å². The van der Waals surface area contributed by atoms with E-state index in [0.717, 1.165) is 11.3 Å². The molecule has 0 unspecified atom stereocenters. The average molecular weight is 220 g/mol. The minimum atomic E-state index is -0.747. The van der Waals surface area contributed by atoms with E-state index in [1.54, 1.807) is 37.0 Å². The Balaban J connectivity index is 2.36. The van der Waals surface area contributed by atoms with Gasteiger partial charge in [-0.05, 0) is 19.9 Å². The van der Waals surface area contributed by atoms with Crippen molar-refractivity contribution in [2.45, 2.75) is 19.4 Å². The van der Waals surface area contributed by atoms with Crippen LogP contribution in [-0.4, -0.2) is 38.9 Å². The molecule has 2 heterocycles. The van der Waals surface area contributed by atoms with E-state index >= 15 is 0 Å². The summed E-state index contributed by atoms with van der Waals surface area (Å²) in [7, 11) is 1.91. The number of aliphatic hydroxyl groups is 1. The monoisotopic (exact) mass is 220 g/mol. The van der Waals surface area contributed by atoms with Crippen LogP contribution in [0.25, 0.3) is 5.52 Å². The van der Waals surface area contributed by atoms with Gasteiger partial charge in [0.1, 0.15) is 5.52 Å². The van der Waals surface area contributed by atoms with Gasteiger partial charge in [-0.3, -0.25) is 0 Å². The van der Waals surface area contributed by atoms with Crippen LogP contribution in [0.4, 0.5) is 5.82 Å². The molecule has 2 rings (SSSR count). The maximum absolute atomic E-state index is 9.78. The third-order valence-corrected chi connectivity index (χ3v) is 2.29. The maximum atomic E-state index is 9.78. The van der Waals surface area contributed by atoms with Gasteiger partial charge in [0.25, 0.3) is 0 Å². The molecule has 86 valence electrons. The Morgan fingerprint density at radius 1 is 1.44 bits per heavy atom. The predicted molar refractivity (Wildman–Crippen MR) is 62.6 cm³/mol. The summed E-state index contributed by atoms with van der Waals surface area (Å²) in [5.41, 5.74) is 0.192. The van der Waals surface area contributed by atoms with Gasteiger partial charge in [0.2, 0.25) is 0 Å². The number of nitrogens with zero attached hydrogens (tertiary/aromatic N) is 4. The largest absolute Gasteiger partial charge is 0.389 e. The lowest BCUT2D eigenvalue weighted by Gasteiger charge is -2.26. The number of fused-ring (bicyclic) bond motifs is 1. The van der Waals surface area contributed by atoms with Crippen LogP contribution in [0.5, 0.6) is 0 Å². The van der Waals surface area contributed by atoms with Crippen LogP contribution in [0.2, 0.25) is 0 Å². The summed E-state index contributed by atoms with van der Waals surface area (Å²) in [5.74, 6) is 0.821. The van der Waals surface area contributed by atoms with Crippen molar-refractivity contribution < 1.29 is 5.11 Å². The number of hydrogen-bond acceptors (Lipinski definition) is 4. The van der Waals surface area contributed by atoms with Crippen molar-refractivity contribution in [3.63, 3.8) is 0 Å². The van der Waals surface area contributed by atoms with Crippen molar-refractivity contribution in [1.82, 2.24) is 14.6 Å². The van der Waals surface area contributed by atoms with Gasteiger partial charge in [0, 0.05) is 26.0 Å². The predicted octanol–water partition coefficient (Wildman–Crippen LogP) is 0.936. The first kappa shape index (κ1) is 10.9. The van der Waals surface area contributed by atoms with Crippen LogP contribution < -0.4 is 4.90 Å². The lowest BCUT2D eigenvalue weighted by molar-refractivity contribution is 0.0885. The minimum absolute atomic E-state index is 0.519. The Morgan fingerprint density at radius 2 is 2.19 bits per heavy atom. The number of rotatable bonds is 3. The highest BCUT2D eigenvalue weighted by molar-refractivity contribution is 5.67. The van der Waals surface area contributed by atoms with Crippen LogP contribution in [0.15, 0.2) is 24.7 Å². The summed E-state index contributed by atoms with van der Waals surface area (Å²) in [6.07, 6.45) is 5.24. The third kappa shape index (κ3) is 2.14. The molecule has 0 fully saturated rings. The summed E-state index contributed by atoms with van der Waals surface area (Å²) in [6, 6.07) is 1.91. The van der Waals surface area contributed by atoms with Crippen molar-refractivity contribution in [2.24, 2.45) is 0 Å². The first-order valence-electron chi connectivity index (χ1n) is 5.19. The quantitative estimate of drug-likeness (QED) is 0.836. The Hall–Kier alpha value is -1.62. The van der Waals surface area contributed by atoms with Crippen molar-refractivity contribution in [2.75, 3.05) is 18.5 Å². The van der Waals surface area contributed by atoms with Crippen LogP contribution in [0, 0.1) is 0 Å². The fourth-order valence-electron chi connectivity index (χ4n) is 1.79. The van der Waals surface area contributed by atoms with Gasteiger partial charge < -0.3 is 10.0 Å². The molecule has 0 radical (unpaired) electrons. The molecule has 0 aromatic carbocycles. The maximum Gasteiger partial charge on any atom is 0.154 e. The van der Waals surface area contributed by atoms with Crippen molar-refractivity contribution in [3.8, 4) is 0 Å². The topological polar surface area (TPSA) is 53.7 Å². The number of anilines is 1. The molecule has 0 bridgehead atoms. The highest BCUT2D eigenvalue weighted by atomic mass is 16.3. The lowest BCUT2D eigenvalue weighted by Crippen LogP contribution is -2.36. The first-order chi connectivity index (χ1) is 7.47. The van der Waals surface area contributed by atoms with Gasteiger partial charge in [-0.2, -0.15) is 5.10 Å². The van der Waals surface area contributed by atoms with E-state index in [-0.39, 0.29) is 0 Å². The second-order valence-corrected chi connectivity index (χ2v) is 4.58. The lowest BCUT2D eigenvalue weighted by atomic mass is 10.1. The molecule has 2 aromatic rings. The highest BCUT2D eigenvalue weighted by Gasteiger charge is 2.18. The van der Waals surface area contributed by atoms with Gasteiger partial charge >= 0.3 is 0 Å². The van der Waals surface area contributed by atoms with Crippen molar-refractivity contribution >= 4 is 11.3 Å². The van der Waals surface area contributed by atoms with Crippen LogP contribution in [0.3, 0.4) is 0 Å². The molecule has 16 heavy (non-hydrogen) atoms. The number of likely N-dealkylation sites (N-methyl/N-ethyl adjacent to an activating group) is 1. The van der Waals surface area contributed by atoms with Crippen molar-refractivity contribution in [3.05, 3.63) is 24.7 Å². The molecule has 0 atom stereocenters. The zero-order valence-corrected chi connectivity index (χ0v) is 9.75. The summed E-state index contributed by atoms with van der Waals surface area (Å²) in [4.78, 5) is 6.24. The minimum Gasteiger partial charge on any atom is -0.389 e. The Morgan fingerprint density at radius 3 is 2.88 bits per heavy atom. The zero-order valence-electron chi connectivity index (χ0n) is 9.75. The van der Waals surface area contributed by atoms with Gasteiger partial charge in [-0.15, -0.1) is 0 Å². The normalized spacial score (nSPS) is 12.0. The molecule has 0 aliphatic carbocycles. The van der Waals surface area contributed by atoms with Gasteiger partial charge in [-0.1, -0.05) is 0 Å². The average Bonchev–Trinajstić information content (AvgIpc) is 2.61. The van der Waals surface area contributed by atoms with E-state index in [1.807, 2.05) is 18.0 Å². The Kier molecular flexibility index (Phi) is 2.55. The van der Waals surface area contributed by atoms with E-state index in [2.05, 4.69) is 10.1 Å². The first-order valence-corrected chi connectivity index (χ1v) is 5.19. The van der Waals surface area contributed by atoms with E-state index in [1.165, 1.54) is 0 Å². The summed E-state index contributed by atoms with van der Waals surface area (Å²) in [6.45, 7) is 4.07. The molecule has 5 heteroatoms. The second-order valence-electron chi connectivity index (χ2n) is 4.58. The smallest absolute Gasteiger partial charge is 0.154 e. The summed E-state index contributed by atoms with van der Waals surface area (Å²) < 4.78 is 1.77. The van der Waals surface area contributed by atoms with Crippen LogP contribution >= 0.6 is 0 Å². The molecule has 0 spiro atoms. The van der Waals surface area contributed by atoms with Crippen LogP contribution in [-0.2, 0) is 0 Å². The van der Waals surface area contributed by atoms with E-state index in [4.69, 9.17) is 0 Å². The molecule has 0 amide bonds. The fourth-order valence-corrected chi connectivity index (χ4v) is 1.79. The van der Waals surface area contributed by atoms with E-state index in [0.29, 0.717) is 6.54 Å². The summed E-state index contributed by atoms with van der Waals surface area (Å²) >= 11 is 0. The van der Waals surface area contributed by atoms with Gasteiger partial charge in [0.05, 0.1) is 11.8 Å². The Bertz CT molecular complexity index is 486. The van der Waals surface area contributed by atoms with Crippen LogP contribution in [0.1, 0.15) is 13.8 Å². The van der Waals surface area contributed by atoms with Crippen molar-refractivity contribution in [1.29, 1.82) is 0 Å². The standard InChI is InChI=1S/C11H16N4O/c1-11(2,16)8-14(3)10-9-4-5-13-15(9)7-6-12-10/h4-7,16H,8H2,1-3H3. The fraction of sp³-hybridized carbons (Fsp3) is 0.455. The molecule has 0 aliphatic rings. The van der Waals surface area contributed by atoms with Gasteiger partial charge in [-0.25, -0.2) is 9.50 Å². The summed E-state index contributed by atoms with van der Waals surface area (Å²) in [5, 5.41) is 13.9. The molecular formula is C11H16N4O. The third-order valence-electron chi connectivity index (χ3n) is 2.29. The van der Waals surface area contributed by atoms with Gasteiger partial charge in [0.15, 0.2) is 5.82 Å². The number of aromatic nitrogens is 3. The highest BCUT2D eigenvalue weighted by Crippen LogP contribution is 2.18. The molecule has 2 aromatic heterocycles. The van der Waals surface area contributed by atoms with E-state index < -0.39 is 5.60 Å². The zero-order chi connectivity index (χ0) is 11.8. The molecule has 5 nitrogen and oxygen atoms in total. The Labute approximate surface area is 94.3 Å². The second kappa shape index (κ2) is 3.75. The molecule has 0 aliphatic heterocycles.